The summed E-state index contributed by atoms with van der Waals surface area (Å²) in [5.41, 5.74) is 1.23. The minimum absolute atomic E-state index is 0.288. The average molecular weight is 237 g/mol. The number of hydrogen-bond donors (Lipinski definition) is 1. The fraction of sp³-hybridized carbons (Fsp3) is 0.0909. The molecule has 0 aliphatic heterocycles. The van der Waals surface area contributed by atoms with Crippen LogP contribution in [0.25, 0.3) is 10.8 Å². The van der Waals surface area contributed by atoms with Gasteiger partial charge in [0.15, 0.2) is 0 Å². The number of halogens is 1. The van der Waals surface area contributed by atoms with Gasteiger partial charge in [0.1, 0.15) is 5.75 Å². The number of hydrogen-bond acceptors (Lipinski definition) is 1. The van der Waals surface area contributed by atoms with E-state index in [0.717, 1.165) is 15.2 Å². The largest absolute Gasteiger partial charge is 0.507 e. The Bertz CT molecular complexity index is 463. The molecule has 0 aromatic heterocycles. The standard InChI is InChI=1S/C11H9BrO/c1-7-2-4-9-8(6-7)3-5-10(13)11(9)12/h2-6,13H,1H3. The monoisotopic (exact) mass is 236 g/mol. The topological polar surface area (TPSA) is 20.2 Å². The molecule has 0 heterocycles. The third kappa shape index (κ3) is 1.42. The van der Waals surface area contributed by atoms with E-state index in [4.69, 9.17) is 0 Å². The molecule has 0 atom stereocenters. The highest BCUT2D eigenvalue weighted by Crippen LogP contribution is 2.32. The maximum absolute atomic E-state index is 9.44. The summed E-state index contributed by atoms with van der Waals surface area (Å²) in [6.07, 6.45) is 0. The van der Waals surface area contributed by atoms with Gasteiger partial charge in [0.05, 0.1) is 4.47 Å². The van der Waals surface area contributed by atoms with Crippen LogP contribution >= 0.6 is 15.9 Å². The Kier molecular flexibility index (Phi) is 2.00. The zero-order chi connectivity index (χ0) is 9.42. The Morgan fingerprint density at radius 2 is 1.92 bits per heavy atom. The van der Waals surface area contributed by atoms with E-state index in [-0.39, 0.29) is 5.75 Å². The molecule has 1 nitrogen and oxygen atoms in total. The molecule has 2 aromatic rings. The van der Waals surface area contributed by atoms with Crippen molar-refractivity contribution in [3.05, 3.63) is 40.4 Å². The SMILES string of the molecule is Cc1ccc2c(Br)c(O)ccc2c1. The van der Waals surface area contributed by atoms with E-state index in [9.17, 15) is 5.11 Å². The summed E-state index contributed by atoms with van der Waals surface area (Å²) in [4.78, 5) is 0. The molecule has 66 valence electrons. The molecule has 2 aromatic carbocycles. The van der Waals surface area contributed by atoms with Gasteiger partial charge in [0, 0.05) is 0 Å². The van der Waals surface area contributed by atoms with Gasteiger partial charge in [-0.3, -0.25) is 0 Å². The first-order valence-electron chi connectivity index (χ1n) is 4.06. The molecule has 0 aliphatic carbocycles. The van der Waals surface area contributed by atoms with Crippen LogP contribution in [-0.2, 0) is 0 Å². The van der Waals surface area contributed by atoms with Crippen molar-refractivity contribution in [2.24, 2.45) is 0 Å². The minimum atomic E-state index is 0.288. The number of aryl methyl sites for hydroxylation is 1. The van der Waals surface area contributed by atoms with E-state index in [2.05, 4.69) is 28.9 Å². The number of benzene rings is 2. The molecule has 0 amide bonds. The number of fused-ring (bicyclic) bond motifs is 1. The van der Waals surface area contributed by atoms with Gasteiger partial charge in [-0.15, -0.1) is 0 Å². The van der Waals surface area contributed by atoms with Crippen LogP contribution in [0, 0.1) is 6.92 Å². The summed E-state index contributed by atoms with van der Waals surface area (Å²) in [6.45, 7) is 2.06. The highest BCUT2D eigenvalue weighted by atomic mass is 79.9. The number of rotatable bonds is 0. The van der Waals surface area contributed by atoms with Crippen LogP contribution in [0.2, 0.25) is 0 Å². The first-order chi connectivity index (χ1) is 6.18. The molecule has 1 N–H and O–H groups in total. The third-order valence-electron chi connectivity index (χ3n) is 2.09. The zero-order valence-corrected chi connectivity index (χ0v) is 8.80. The molecule has 0 fully saturated rings. The van der Waals surface area contributed by atoms with Gasteiger partial charge in [-0.25, -0.2) is 0 Å². The minimum Gasteiger partial charge on any atom is -0.507 e. The molecule has 2 rings (SSSR count). The average Bonchev–Trinajstić information content (AvgIpc) is 2.12. The highest BCUT2D eigenvalue weighted by Gasteiger charge is 2.02. The Hall–Kier alpha value is -1.02. The normalized spacial score (nSPS) is 10.6. The summed E-state index contributed by atoms with van der Waals surface area (Å²) < 4.78 is 0.769. The summed E-state index contributed by atoms with van der Waals surface area (Å²) in [7, 11) is 0. The molecule has 0 unspecified atom stereocenters. The van der Waals surface area contributed by atoms with Gasteiger partial charge in [-0.1, -0.05) is 29.8 Å². The lowest BCUT2D eigenvalue weighted by molar-refractivity contribution is 0.473. The molecule has 0 saturated carbocycles. The Labute approximate surface area is 85.1 Å². The first-order valence-corrected chi connectivity index (χ1v) is 4.85. The Morgan fingerprint density at radius 1 is 1.15 bits per heavy atom. The quantitative estimate of drug-likeness (QED) is 0.741. The van der Waals surface area contributed by atoms with Gasteiger partial charge in [0.25, 0.3) is 0 Å². The lowest BCUT2D eigenvalue weighted by Crippen LogP contribution is -1.77. The van der Waals surface area contributed by atoms with Crippen molar-refractivity contribution in [3.63, 3.8) is 0 Å². The second-order valence-electron chi connectivity index (χ2n) is 3.12. The van der Waals surface area contributed by atoms with Crippen molar-refractivity contribution in [3.8, 4) is 5.75 Å². The number of aromatic hydroxyl groups is 1. The van der Waals surface area contributed by atoms with Crippen LogP contribution < -0.4 is 0 Å². The van der Waals surface area contributed by atoms with E-state index < -0.39 is 0 Å². The van der Waals surface area contributed by atoms with Crippen LogP contribution in [0.4, 0.5) is 0 Å². The lowest BCUT2D eigenvalue weighted by atomic mass is 10.1. The number of phenols is 1. The van der Waals surface area contributed by atoms with Gasteiger partial charge in [-0.05, 0) is 39.7 Å². The summed E-state index contributed by atoms with van der Waals surface area (Å²) in [6, 6.07) is 9.76. The number of phenolic OH excluding ortho intramolecular Hbond substituents is 1. The predicted octanol–water partition coefficient (Wildman–Crippen LogP) is 3.62. The van der Waals surface area contributed by atoms with Crippen molar-refractivity contribution in [1.82, 2.24) is 0 Å². The Balaban J connectivity index is 2.87. The molecule has 0 bridgehead atoms. The van der Waals surface area contributed by atoms with Crippen LogP contribution in [0.1, 0.15) is 5.56 Å². The smallest absolute Gasteiger partial charge is 0.130 e. The summed E-state index contributed by atoms with van der Waals surface area (Å²) in [5.74, 6) is 0.288. The van der Waals surface area contributed by atoms with Crippen LogP contribution in [0.3, 0.4) is 0 Å². The predicted molar refractivity (Wildman–Crippen MR) is 58.0 cm³/mol. The third-order valence-corrected chi connectivity index (χ3v) is 2.92. The van der Waals surface area contributed by atoms with Crippen molar-refractivity contribution < 1.29 is 5.11 Å². The van der Waals surface area contributed by atoms with E-state index >= 15 is 0 Å². The van der Waals surface area contributed by atoms with Crippen molar-refractivity contribution in [1.29, 1.82) is 0 Å². The van der Waals surface area contributed by atoms with Crippen molar-refractivity contribution in [2.75, 3.05) is 0 Å². The molecule has 0 radical (unpaired) electrons. The molecule has 2 heteroatoms. The van der Waals surface area contributed by atoms with Gasteiger partial charge < -0.3 is 5.11 Å². The Morgan fingerprint density at radius 3 is 2.69 bits per heavy atom. The second-order valence-corrected chi connectivity index (χ2v) is 3.92. The first kappa shape index (κ1) is 8.57. The molecule has 0 saturated heterocycles. The van der Waals surface area contributed by atoms with Crippen LogP contribution in [-0.4, -0.2) is 5.11 Å². The molecular weight excluding hydrogens is 228 g/mol. The molecule has 0 spiro atoms. The molecule has 13 heavy (non-hydrogen) atoms. The van der Waals surface area contributed by atoms with E-state index in [0.29, 0.717) is 0 Å². The second kappa shape index (κ2) is 3.04. The maximum Gasteiger partial charge on any atom is 0.130 e. The lowest BCUT2D eigenvalue weighted by Gasteiger charge is -2.03. The fourth-order valence-electron chi connectivity index (χ4n) is 1.40. The summed E-state index contributed by atoms with van der Waals surface area (Å²) >= 11 is 3.36. The fourth-order valence-corrected chi connectivity index (χ4v) is 1.89. The van der Waals surface area contributed by atoms with Gasteiger partial charge in [-0.2, -0.15) is 0 Å². The van der Waals surface area contributed by atoms with Crippen LogP contribution in [0.15, 0.2) is 34.8 Å². The molecule has 0 aliphatic rings. The highest BCUT2D eigenvalue weighted by molar-refractivity contribution is 9.10. The van der Waals surface area contributed by atoms with Gasteiger partial charge in [0.2, 0.25) is 0 Å². The summed E-state index contributed by atoms with van der Waals surface area (Å²) in [5, 5.41) is 11.6. The van der Waals surface area contributed by atoms with Crippen molar-refractivity contribution >= 4 is 26.7 Å². The van der Waals surface area contributed by atoms with Crippen LogP contribution in [0.5, 0.6) is 5.75 Å². The van der Waals surface area contributed by atoms with Gasteiger partial charge >= 0.3 is 0 Å². The van der Waals surface area contributed by atoms with Crippen molar-refractivity contribution in [2.45, 2.75) is 6.92 Å². The van der Waals surface area contributed by atoms with E-state index in [1.165, 1.54) is 5.56 Å². The molecular formula is C11H9BrO. The zero-order valence-electron chi connectivity index (χ0n) is 7.21. The van der Waals surface area contributed by atoms with E-state index in [1.54, 1.807) is 6.07 Å². The van der Waals surface area contributed by atoms with E-state index in [1.807, 2.05) is 18.2 Å². The maximum atomic E-state index is 9.44.